The van der Waals surface area contributed by atoms with Gasteiger partial charge in [-0.2, -0.15) is 0 Å². The highest BCUT2D eigenvalue weighted by Crippen LogP contribution is 2.31. The average molecular weight is 434 g/mol. The molecule has 0 spiro atoms. The maximum atomic E-state index is 12.1. The predicted molar refractivity (Wildman–Crippen MR) is 123 cm³/mol. The molecule has 1 aromatic carbocycles. The van der Waals surface area contributed by atoms with E-state index < -0.39 is 0 Å². The Kier molecular flexibility index (Phi) is 7.33. The molecule has 1 aromatic heterocycles. The van der Waals surface area contributed by atoms with Gasteiger partial charge >= 0.3 is 5.97 Å². The Morgan fingerprint density at radius 1 is 1.21 bits per heavy atom. The zero-order valence-electron chi connectivity index (χ0n) is 17.1. The van der Waals surface area contributed by atoms with Crippen LogP contribution in [0.5, 0.6) is 5.75 Å². The van der Waals surface area contributed by atoms with Crippen molar-refractivity contribution in [3.63, 3.8) is 0 Å². The fourth-order valence-electron chi connectivity index (χ4n) is 3.29. The zero-order valence-corrected chi connectivity index (χ0v) is 18.7. The molecule has 2 heterocycles. The van der Waals surface area contributed by atoms with E-state index in [4.69, 9.17) is 21.7 Å². The summed E-state index contributed by atoms with van der Waals surface area (Å²) in [6.07, 6.45) is 0.862. The number of methoxy groups -OCH3 is 1. The number of carbonyl (C=O) groups excluding carboxylic acids is 1. The zero-order chi connectivity index (χ0) is 20.8. The van der Waals surface area contributed by atoms with Crippen molar-refractivity contribution in [2.45, 2.75) is 20.3 Å². The normalized spacial score (nSPS) is 13.9. The van der Waals surface area contributed by atoms with Crippen molar-refractivity contribution in [3.8, 4) is 5.75 Å². The third-order valence-corrected chi connectivity index (χ3v) is 6.39. The number of rotatable bonds is 6. The molecule has 0 bridgehead atoms. The van der Waals surface area contributed by atoms with Gasteiger partial charge < -0.3 is 24.6 Å². The number of nitrogens with zero attached hydrogens (tertiary/aromatic N) is 2. The number of hydrogen-bond acceptors (Lipinski definition) is 6. The minimum Gasteiger partial charge on any atom is -0.492 e. The smallest absolute Gasteiger partial charge is 0.340 e. The van der Waals surface area contributed by atoms with Gasteiger partial charge in [0.25, 0.3) is 0 Å². The molecule has 1 aliphatic rings. The van der Waals surface area contributed by atoms with Crippen molar-refractivity contribution in [2.24, 2.45) is 0 Å². The number of thiocarbonyl (C=S) groups is 1. The van der Waals surface area contributed by atoms with E-state index in [0.29, 0.717) is 17.3 Å². The molecule has 2 aromatic rings. The number of hydrogen-bond donors (Lipinski definition) is 1. The number of nitrogens with one attached hydrogen (secondary N) is 1. The molecule has 0 saturated carbocycles. The van der Waals surface area contributed by atoms with E-state index in [1.165, 1.54) is 7.11 Å². The number of aryl methyl sites for hydroxylation is 1. The fraction of sp³-hybridized carbons (Fsp3) is 0.429. The fourth-order valence-corrected chi connectivity index (χ4v) is 4.63. The lowest BCUT2D eigenvalue weighted by molar-refractivity contribution is 0.0602. The minimum absolute atomic E-state index is 0.344. The van der Waals surface area contributed by atoms with Crippen LogP contribution in [0.4, 0.5) is 10.7 Å². The molecule has 8 heteroatoms. The van der Waals surface area contributed by atoms with Crippen molar-refractivity contribution < 1.29 is 14.3 Å². The first kappa shape index (κ1) is 21.4. The Hall–Kier alpha value is -2.32. The Morgan fingerprint density at radius 3 is 2.59 bits per heavy atom. The summed E-state index contributed by atoms with van der Waals surface area (Å²) in [6.45, 7) is 8.00. The lowest BCUT2D eigenvalue weighted by Crippen LogP contribution is -2.50. The van der Waals surface area contributed by atoms with E-state index in [0.717, 1.165) is 53.9 Å². The number of para-hydroxylation sites is 2. The van der Waals surface area contributed by atoms with Gasteiger partial charge in [0.2, 0.25) is 0 Å². The monoisotopic (exact) mass is 433 g/mol. The molecule has 1 aliphatic heterocycles. The Morgan fingerprint density at radius 2 is 1.93 bits per heavy atom. The topological polar surface area (TPSA) is 54.0 Å². The third kappa shape index (κ3) is 5.00. The van der Waals surface area contributed by atoms with Crippen molar-refractivity contribution in [3.05, 3.63) is 40.8 Å². The van der Waals surface area contributed by atoms with Crippen LogP contribution in [0.3, 0.4) is 0 Å². The number of thiophene rings is 1. The molecule has 0 amide bonds. The van der Waals surface area contributed by atoms with E-state index in [9.17, 15) is 4.79 Å². The summed E-state index contributed by atoms with van der Waals surface area (Å²) in [7, 11) is 1.40. The average Bonchev–Trinajstić information content (AvgIpc) is 3.17. The van der Waals surface area contributed by atoms with E-state index in [1.807, 2.05) is 31.2 Å². The molecule has 29 heavy (non-hydrogen) atoms. The number of carbonyl (C=O) groups is 1. The highest BCUT2D eigenvalue weighted by Gasteiger charge is 2.23. The molecule has 1 saturated heterocycles. The van der Waals surface area contributed by atoms with Crippen LogP contribution in [0.25, 0.3) is 0 Å². The quantitative estimate of drug-likeness (QED) is 0.546. The molecular formula is C21H27N3O3S2. The number of ether oxygens (including phenoxy) is 2. The molecule has 156 valence electrons. The molecule has 0 radical (unpaired) electrons. The van der Waals surface area contributed by atoms with E-state index >= 15 is 0 Å². The molecule has 0 aliphatic carbocycles. The molecule has 0 unspecified atom stereocenters. The van der Waals surface area contributed by atoms with Crippen molar-refractivity contribution in [1.29, 1.82) is 0 Å². The summed E-state index contributed by atoms with van der Waals surface area (Å²) in [5, 5.41) is 4.66. The SMILES string of the molecule is CCOc1ccccc1N1CCN(C(=S)Nc2sc(CC)cc2C(=O)OC)CC1. The van der Waals surface area contributed by atoms with Crippen LogP contribution in [-0.4, -0.2) is 55.9 Å². The molecule has 0 atom stereocenters. The molecule has 1 N–H and O–H groups in total. The van der Waals surface area contributed by atoms with E-state index in [-0.39, 0.29) is 5.97 Å². The van der Waals surface area contributed by atoms with E-state index in [1.54, 1.807) is 11.3 Å². The molecule has 1 fully saturated rings. The second-order valence-corrected chi connectivity index (χ2v) is 8.13. The number of anilines is 2. The van der Waals surface area contributed by atoms with Gasteiger partial charge in [0.15, 0.2) is 5.11 Å². The molecule has 3 rings (SSSR count). The lowest BCUT2D eigenvalue weighted by Gasteiger charge is -2.37. The van der Waals surface area contributed by atoms with Crippen LogP contribution in [0, 0.1) is 0 Å². The highest BCUT2D eigenvalue weighted by atomic mass is 32.1. The Bertz CT molecular complexity index is 861. The second kappa shape index (κ2) is 9.93. The number of benzene rings is 1. The maximum absolute atomic E-state index is 12.1. The number of esters is 1. The third-order valence-electron chi connectivity index (χ3n) is 4.83. The predicted octanol–water partition coefficient (Wildman–Crippen LogP) is 4.01. The highest BCUT2D eigenvalue weighted by molar-refractivity contribution is 7.80. The van der Waals surface area contributed by atoms with Crippen LogP contribution in [0.1, 0.15) is 29.1 Å². The summed E-state index contributed by atoms with van der Waals surface area (Å²) in [5.41, 5.74) is 1.66. The summed E-state index contributed by atoms with van der Waals surface area (Å²) in [6, 6.07) is 10.0. The summed E-state index contributed by atoms with van der Waals surface area (Å²) >= 11 is 7.18. The van der Waals surface area contributed by atoms with E-state index in [2.05, 4.69) is 28.1 Å². The minimum atomic E-state index is -0.344. The maximum Gasteiger partial charge on any atom is 0.340 e. The number of piperazine rings is 1. The first-order valence-electron chi connectivity index (χ1n) is 9.81. The van der Waals surface area contributed by atoms with Crippen LogP contribution in [0.2, 0.25) is 0 Å². The van der Waals surface area contributed by atoms with Crippen molar-refractivity contribution in [2.75, 3.05) is 50.1 Å². The molecule has 6 nitrogen and oxygen atoms in total. The van der Waals surface area contributed by atoms with Crippen LogP contribution < -0.4 is 15.0 Å². The van der Waals surface area contributed by atoms with Crippen molar-refractivity contribution >= 4 is 45.3 Å². The molecular weight excluding hydrogens is 406 g/mol. The standard InChI is InChI=1S/C21H27N3O3S2/c1-4-15-14-16(20(25)26-3)19(29-15)22-21(28)24-12-10-23(11-13-24)17-8-6-7-9-18(17)27-5-2/h6-9,14H,4-5,10-13H2,1-3H3,(H,22,28). The van der Waals surface area contributed by atoms with Crippen LogP contribution in [-0.2, 0) is 11.2 Å². The second-order valence-electron chi connectivity index (χ2n) is 6.61. The Balaban J connectivity index is 1.64. The van der Waals surface area contributed by atoms with Crippen molar-refractivity contribution in [1.82, 2.24) is 4.90 Å². The Labute approximate surface area is 181 Å². The van der Waals surface area contributed by atoms with Gasteiger partial charge in [-0.1, -0.05) is 19.1 Å². The van der Waals surface area contributed by atoms with Gasteiger partial charge in [0.1, 0.15) is 10.8 Å². The first-order chi connectivity index (χ1) is 14.1. The lowest BCUT2D eigenvalue weighted by atomic mass is 10.2. The summed E-state index contributed by atoms with van der Waals surface area (Å²) in [5.74, 6) is 0.571. The van der Waals surface area contributed by atoms with Gasteiger partial charge in [-0.25, -0.2) is 4.79 Å². The van der Waals surface area contributed by atoms with Crippen LogP contribution >= 0.6 is 23.6 Å². The van der Waals surface area contributed by atoms with Gasteiger partial charge in [0, 0.05) is 31.1 Å². The van der Waals surface area contributed by atoms with Crippen LogP contribution in [0.15, 0.2) is 30.3 Å². The van der Waals surface area contributed by atoms with Gasteiger partial charge in [-0.15, -0.1) is 11.3 Å². The summed E-state index contributed by atoms with van der Waals surface area (Å²) in [4.78, 5) is 17.7. The van der Waals surface area contributed by atoms with Gasteiger partial charge in [0.05, 0.1) is 25.0 Å². The van der Waals surface area contributed by atoms with Gasteiger partial charge in [-0.05, 0) is 43.8 Å². The largest absolute Gasteiger partial charge is 0.492 e. The summed E-state index contributed by atoms with van der Waals surface area (Å²) < 4.78 is 10.7. The van der Waals surface area contributed by atoms with Gasteiger partial charge in [-0.3, -0.25) is 0 Å². The first-order valence-corrected chi connectivity index (χ1v) is 11.0.